The zero-order valence-electron chi connectivity index (χ0n) is 12.1. The highest BCUT2D eigenvalue weighted by atomic mass is 19.1. The van der Waals surface area contributed by atoms with E-state index in [9.17, 15) is 19.0 Å². The van der Waals surface area contributed by atoms with Gasteiger partial charge in [-0.2, -0.15) is 4.39 Å². The zero-order valence-corrected chi connectivity index (χ0v) is 12.1. The normalized spacial score (nSPS) is 32.0. The summed E-state index contributed by atoms with van der Waals surface area (Å²) in [4.78, 5) is 7.59. The molecule has 3 rings (SSSR count). The van der Waals surface area contributed by atoms with E-state index < -0.39 is 36.7 Å². The van der Waals surface area contributed by atoms with E-state index in [4.69, 9.17) is 4.74 Å². The second-order valence-corrected chi connectivity index (χ2v) is 5.39. The first-order chi connectivity index (χ1) is 10.4. The predicted molar refractivity (Wildman–Crippen MR) is 70.3 cm³/mol. The third-order valence-electron chi connectivity index (χ3n) is 4.18. The van der Waals surface area contributed by atoms with E-state index in [1.54, 1.807) is 13.8 Å². The minimum absolute atomic E-state index is 0.162. The van der Waals surface area contributed by atoms with Crippen LogP contribution >= 0.6 is 0 Å². The molecule has 22 heavy (non-hydrogen) atoms. The predicted octanol–water partition coefficient (Wildman–Crippen LogP) is 0.483. The number of aromatic nitrogens is 4. The van der Waals surface area contributed by atoms with Crippen LogP contribution in [0.5, 0.6) is 0 Å². The van der Waals surface area contributed by atoms with Crippen LogP contribution in [-0.4, -0.2) is 54.3 Å². The van der Waals surface area contributed by atoms with Crippen molar-refractivity contribution < 1.29 is 23.7 Å². The van der Waals surface area contributed by atoms with Crippen LogP contribution < -0.4 is 0 Å². The molecule has 0 radical (unpaired) electrons. The number of hydrogen-bond donors (Lipinski definition) is 2. The highest BCUT2D eigenvalue weighted by Crippen LogP contribution is 2.43. The maximum Gasteiger partial charge on any atom is 0.326 e. The number of ether oxygens (including phenoxy) is 1. The van der Waals surface area contributed by atoms with E-state index in [-0.39, 0.29) is 17.8 Å². The Labute approximate surface area is 124 Å². The SMILES string of the molecule is CC[C@]1(CO)O[C@@H](c2cnc3c(C)nc(F)nn23)[C@H](F)[C@@H]1O. The van der Waals surface area contributed by atoms with Gasteiger partial charge < -0.3 is 14.9 Å². The van der Waals surface area contributed by atoms with Gasteiger partial charge in [-0.3, -0.25) is 0 Å². The Bertz CT molecular complexity index is 704. The molecule has 2 aromatic rings. The van der Waals surface area contributed by atoms with Crippen LogP contribution in [0.3, 0.4) is 0 Å². The molecule has 0 spiro atoms. The number of halogens is 2. The van der Waals surface area contributed by atoms with Crippen molar-refractivity contribution in [2.45, 2.75) is 44.2 Å². The number of nitrogens with zero attached hydrogens (tertiary/aromatic N) is 4. The maximum absolute atomic E-state index is 14.5. The van der Waals surface area contributed by atoms with Gasteiger partial charge in [0.25, 0.3) is 0 Å². The van der Waals surface area contributed by atoms with Gasteiger partial charge >= 0.3 is 6.08 Å². The second kappa shape index (κ2) is 5.18. The van der Waals surface area contributed by atoms with Crippen LogP contribution in [0.25, 0.3) is 5.65 Å². The first kappa shape index (κ1) is 15.2. The quantitative estimate of drug-likeness (QED) is 0.856. The molecule has 120 valence electrons. The summed E-state index contributed by atoms with van der Waals surface area (Å²) in [7, 11) is 0. The first-order valence-electron chi connectivity index (χ1n) is 6.92. The Morgan fingerprint density at radius 1 is 1.50 bits per heavy atom. The highest BCUT2D eigenvalue weighted by molar-refractivity contribution is 5.43. The van der Waals surface area contributed by atoms with E-state index >= 15 is 0 Å². The van der Waals surface area contributed by atoms with E-state index in [1.807, 2.05) is 0 Å². The van der Waals surface area contributed by atoms with Gasteiger partial charge in [0.05, 0.1) is 24.2 Å². The molecule has 1 saturated heterocycles. The second-order valence-electron chi connectivity index (χ2n) is 5.39. The summed E-state index contributed by atoms with van der Waals surface area (Å²) in [6.07, 6.45) is -3.92. The fourth-order valence-corrected chi connectivity index (χ4v) is 2.80. The Balaban J connectivity index is 2.09. The van der Waals surface area contributed by atoms with Gasteiger partial charge in [-0.15, -0.1) is 5.10 Å². The molecule has 1 aliphatic rings. The lowest BCUT2D eigenvalue weighted by molar-refractivity contribution is -0.115. The molecule has 1 fully saturated rings. The summed E-state index contributed by atoms with van der Waals surface area (Å²) in [5, 5.41) is 23.1. The van der Waals surface area contributed by atoms with Crippen LogP contribution in [0, 0.1) is 13.0 Å². The molecule has 7 nitrogen and oxygen atoms in total. The number of imidazole rings is 1. The van der Waals surface area contributed by atoms with Gasteiger partial charge in [0.15, 0.2) is 11.8 Å². The average molecular weight is 314 g/mol. The van der Waals surface area contributed by atoms with Gasteiger partial charge in [-0.25, -0.2) is 18.9 Å². The molecule has 2 N–H and O–H groups in total. The summed E-state index contributed by atoms with van der Waals surface area (Å²) < 4.78 is 34.6. The van der Waals surface area contributed by atoms with Gasteiger partial charge in [-0.05, 0) is 13.3 Å². The Kier molecular flexibility index (Phi) is 3.58. The smallest absolute Gasteiger partial charge is 0.326 e. The monoisotopic (exact) mass is 314 g/mol. The standard InChI is InChI=1S/C13H16F2N4O3/c1-3-13(5-20)10(21)8(14)9(22-13)7-4-16-11-6(2)17-12(15)18-19(7)11/h4,8-10,20-21H,3,5H2,1-2H3/t8-,9-,10-,13+/m0/s1. The number of aliphatic hydroxyl groups excluding tert-OH is 2. The van der Waals surface area contributed by atoms with Gasteiger partial charge in [0.2, 0.25) is 0 Å². The fourth-order valence-electron chi connectivity index (χ4n) is 2.80. The fraction of sp³-hybridized carbons (Fsp3) is 0.615. The van der Waals surface area contributed by atoms with E-state index in [0.29, 0.717) is 5.69 Å². The van der Waals surface area contributed by atoms with Crippen molar-refractivity contribution in [2.24, 2.45) is 0 Å². The molecule has 0 bridgehead atoms. The third kappa shape index (κ3) is 2.00. The Morgan fingerprint density at radius 2 is 2.23 bits per heavy atom. The molecule has 0 aromatic carbocycles. The number of hydrogen-bond acceptors (Lipinski definition) is 6. The average Bonchev–Trinajstić information content (AvgIpc) is 3.01. The molecule has 3 heterocycles. The van der Waals surface area contributed by atoms with Crippen molar-refractivity contribution in [3.05, 3.63) is 23.7 Å². The van der Waals surface area contributed by atoms with Crippen molar-refractivity contribution in [1.82, 2.24) is 19.6 Å². The molecule has 1 aliphatic heterocycles. The lowest BCUT2D eigenvalue weighted by Gasteiger charge is -2.28. The largest absolute Gasteiger partial charge is 0.393 e. The summed E-state index contributed by atoms with van der Waals surface area (Å²) in [5.74, 6) is 0. The molecule has 4 atom stereocenters. The summed E-state index contributed by atoms with van der Waals surface area (Å²) in [6, 6.07) is 0. The van der Waals surface area contributed by atoms with Crippen molar-refractivity contribution >= 4 is 5.65 Å². The lowest BCUT2D eigenvalue weighted by Crippen LogP contribution is -2.44. The van der Waals surface area contributed by atoms with Crippen LogP contribution in [0.4, 0.5) is 8.78 Å². The lowest BCUT2D eigenvalue weighted by atomic mass is 9.93. The topological polar surface area (TPSA) is 92.8 Å². The summed E-state index contributed by atoms with van der Waals surface area (Å²) in [6.45, 7) is 2.70. The zero-order chi connectivity index (χ0) is 16.1. The Hall–Kier alpha value is -1.71. The molecule has 0 aliphatic carbocycles. The summed E-state index contributed by atoms with van der Waals surface area (Å²) >= 11 is 0. The minimum Gasteiger partial charge on any atom is -0.393 e. The maximum atomic E-state index is 14.5. The highest BCUT2D eigenvalue weighted by Gasteiger charge is 2.55. The number of aliphatic hydroxyl groups is 2. The molecular weight excluding hydrogens is 298 g/mol. The third-order valence-corrected chi connectivity index (χ3v) is 4.18. The van der Waals surface area contributed by atoms with Crippen molar-refractivity contribution in [1.29, 1.82) is 0 Å². The van der Waals surface area contributed by atoms with E-state index in [2.05, 4.69) is 15.1 Å². The van der Waals surface area contributed by atoms with Crippen molar-refractivity contribution in [2.75, 3.05) is 6.61 Å². The van der Waals surface area contributed by atoms with Crippen LogP contribution in [0.15, 0.2) is 6.20 Å². The number of fused-ring (bicyclic) bond motifs is 1. The first-order valence-corrected chi connectivity index (χ1v) is 6.92. The van der Waals surface area contributed by atoms with Gasteiger partial charge in [0, 0.05) is 0 Å². The van der Waals surface area contributed by atoms with E-state index in [1.165, 1.54) is 6.20 Å². The van der Waals surface area contributed by atoms with Gasteiger partial charge in [0.1, 0.15) is 17.8 Å². The van der Waals surface area contributed by atoms with Crippen LogP contribution in [-0.2, 0) is 4.74 Å². The number of rotatable bonds is 3. The van der Waals surface area contributed by atoms with Crippen molar-refractivity contribution in [3.8, 4) is 0 Å². The number of aryl methyl sites for hydroxylation is 1. The minimum atomic E-state index is -1.79. The molecule has 2 aromatic heterocycles. The molecule has 9 heteroatoms. The number of alkyl halides is 1. The molecule has 0 amide bonds. The summed E-state index contributed by atoms with van der Waals surface area (Å²) in [5.41, 5.74) is -0.652. The van der Waals surface area contributed by atoms with Gasteiger partial charge in [-0.1, -0.05) is 6.92 Å². The van der Waals surface area contributed by atoms with Crippen LogP contribution in [0.1, 0.15) is 30.8 Å². The van der Waals surface area contributed by atoms with Crippen molar-refractivity contribution in [3.63, 3.8) is 0 Å². The van der Waals surface area contributed by atoms with Crippen LogP contribution in [0.2, 0.25) is 0 Å². The van der Waals surface area contributed by atoms with E-state index in [0.717, 1.165) is 4.52 Å². The molecule has 0 saturated carbocycles. The Morgan fingerprint density at radius 3 is 2.82 bits per heavy atom. The molecule has 0 unspecified atom stereocenters. The molecular formula is C13H16F2N4O3.